The van der Waals surface area contributed by atoms with E-state index in [2.05, 4.69) is 15.5 Å². The second-order valence-corrected chi connectivity index (χ2v) is 7.18. The summed E-state index contributed by atoms with van der Waals surface area (Å²) in [5, 5.41) is 17.6. The highest BCUT2D eigenvalue weighted by Crippen LogP contribution is 2.43. The number of furan rings is 1. The number of ketones is 1. The Morgan fingerprint density at radius 1 is 1.29 bits per heavy atom. The monoisotopic (exact) mass is 424 g/mol. The van der Waals surface area contributed by atoms with Crippen molar-refractivity contribution in [2.24, 2.45) is 0 Å². The van der Waals surface area contributed by atoms with E-state index in [4.69, 9.17) is 8.94 Å². The van der Waals surface area contributed by atoms with Gasteiger partial charge in [-0.25, -0.2) is 0 Å². The number of hydrogen-bond donors (Lipinski definition) is 3. The Morgan fingerprint density at radius 2 is 2.03 bits per heavy atom. The zero-order chi connectivity index (χ0) is 22.4. The van der Waals surface area contributed by atoms with Crippen LogP contribution in [0.5, 0.6) is 0 Å². The predicted molar refractivity (Wildman–Crippen MR) is 108 cm³/mol. The molecule has 2 amide bonds. The fourth-order valence-electron chi connectivity index (χ4n) is 3.84. The lowest BCUT2D eigenvalue weighted by Gasteiger charge is -2.20. The van der Waals surface area contributed by atoms with Crippen LogP contribution < -0.4 is 10.2 Å². The molecule has 1 saturated heterocycles. The van der Waals surface area contributed by atoms with Crippen LogP contribution >= 0.6 is 0 Å². The summed E-state index contributed by atoms with van der Waals surface area (Å²) in [5.41, 5.74) is 1.25. The predicted octanol–water partition coefficient (Wildman–Crippen LogP) is 2.51. The molecule has 1 aliphatic rings. The second-order valence-electron chi connectivity index (χ2n) is 7.18. The van der Waals surface area contributed by atoms with Gasteiger partial charge in [-0.3, -0.25) is 19.3 Å². The van der Waals surface area contributed by atoms with Crippen LogP contribution in [0.3, 0.4) is 0 Å². The summed E-state index contributed by atoms with van der Waals surface area (Å²) in [6, 6.07) is 3.66. The number of carbonyl (C=O) groups excluding carboxylic acids is 3. The van der Waals surface area contributed by atoms with Crippen molar-refractivity contribution in [3.8, 4) is 0 Å². The van der Waals surface area contributed by atoms with Gasteiger partial charge in [-0.2, -0.15) is 0 Å². The van der Waals surface area contributed by atoms with Crippen LogP contribution in [0.4, 0.5) is 5.82 Å². The lowest BCUT2D eigenvalue weighted by molar-refractivity contribution is -0.132. The molecule has 0 spiro atoms. The van der Waals surface area contributed by atoms with Gasteiger partial charge in [0.15, 0.2) is 5.82 Å². The molecule has 0 radical (unpaired) electrons. The van der Waals surface area contributed by atoms with E-state index in [0.717, 1.165) is 4.90 Å². The first-order chi connectivity index (χ1) is 14.8. The van der Waals surface area contributed by atoms with Crippen molar-refractivity contribution < 1.29 is 28.4 Å². The molecule has 0 saturated carbocycles. The maximum Gasteiger partial charge on any atom is 0.301 e. The van der Waals surface area contributed by atoms with Crippen LogP contribution in [0.15, 0.2) is 39.0 Å². The molecule has 31 heavy (non-hydrogen) atoms. The van der Waals surface area contributed by atoms with E-state index in [-0.39, 0.29) is 34.3 Å². The molecule has 1 aliphatic heterocycles. The smallest absolute Gasteiger partial charge is 0.301 e. The first-order valence-electron chi connectivity index (χ1n) is 9.45. The molecular formula is C21H20N4O6. The van der Waals surface area contributed by atoms with E-state index < -0.39 is 23.5 Å². The number of aliphatic hydroxyl groups excluding tert-OH is 1. The zero-order valence-electron chi connectivity index (χ0n) is 17.3. The number of aryl methyl sites for hydroxylation is 2. The first kappa shape index (κ1) is 20.2. The minimum Gasteiger partial charge on any atom is -0.507 e. The summed E-state index contributed by atoms with van der Waals surface area (Å²) in [4.78, 5) is 42.2. The van der Waals surface area contributed by atoms with E-state index in [1.54, 1.807) is 32.9 Å². The fourth-order valence-corrected chi connectivity index (χ4v) is 3.84. The number of Topliss-reactive ketones (excluding diaryl/α,β-unsaturated/α-hetero) is 1. The van der Waals surface area contributed by atoms with Crippen molar-refractivity contribution >= 4 is 29.2 Å². The molecule has 10 nitrogen and oxygen atoms in total. The van der Waals surface area contributed by atoms with E-state index in [1.165, 1.54) is 19.4 Å². The molecule has 1 fully saturated rings. The van der Waals surface area contributed by atoms with Crippen LogP contribution in [0.25, 0.3) is 5.76 Å². The van der Waals surface area contributed by atoms with Crippen molar-refractivity contribution in [2.45, 2.75) is 26.8 Å². The molecule has 0 aromatic carbocycles. The number of carbonyl (C=O) groups is 3. The standard InChI is InChI=1S/C21H20N4O6/c1-9-8-13(24-31-9)25-17(12-6-5-7-30-12)15(19(27)21(25)29)18(26)14-10(2)16(20(28)22-4)23-11(14)3/h5-8,17,23,26H,1-4H3,(H,22,28)/b18-15+. The third-order valence-corrected chi connectivity index (χ3v) is 5.25. The molecular weight excluding hydrogens is 404 g/mol. The largest absolute Gasteiger partial charge is 0.507 e. The topological polar surface area (TPSA) is 142 Å². The summed E-state index contributed by atoms with van der Waals surface area (Å²) in [6.07, 6.45) is 1.40. The van der Waals surface area contributed by atoms with E-state index in [0.29, 0.717) is 17.0 Å². The minimum atomic E-state index is -1.06. The molecule has 1 atom stereocenters. The molecule has 160 valence electrons. The summed E-state index contributed by atoms with van der Waals surface area (Å²) in [7, 11) is 1.49. The highest BCUT2D eigenvalue weighted by atomic mass is 16.5. The van der Waals surface area contributed by atoms with Gasteiger partial charge in [-0.1, -0.05) is 5.16 Å². The average molecular weight is 424 g/mol. The number of hydrogen-bond acceptors (Lipinski definition) is 7. The van der Waals surface area contributed by atoms with E-state index >= 15 is 0 Å². The molecule has 0 aliphatic carbocycles. The van der Waals surface area contributed by atoms with Crippen LogP contribution in [-0.4, -0.2) is 39.9 Å². The highest BCUT2D eigenvalue weighted by Gasteiger charge is 2.49. The Balaban J connectivity index is 1.95. The molecule has 1 unspecified atom stereocenters. The van der Waals surface area contributed by atoms with E-state index in [9.17, 15) is 19.5 Å². The third kappa shape index (κ3) is 3.03. The number of aromatic nitrogens is 2. The van der Waals surface area contributed by atoms with Crippen molar-refractivity contribution in [2.75, 3.05) is 11.9 Å². The average Bonchev–Trinajstić information content (AvgIpc) is 3.50. The van der Waals surface area contributed by atoms with Crippen LogP contribution in [0.2, 0.25) is 0 Å². The number of aliphatic hydroxyl groups is 1. The van der Waals surface area contributed by atoms with Crippen LogP contribution in [-0.2, 0) is 9.59 Å². The number of nitrogens with zero attached hydrogens (tertiary/aromatic N) is 2. The number of H-pyrrole nitrogens is 1. The van der Waals surface area contributed by atoms with Crippen molar-refractivity contribution in [3.63, 3.8) is 0 Å². The second kappa shape index (κ2) is 7.31. The van der Waals surface area contributed by atoms with Gasteiger partial charge in [0.1, 0.15) is 29.0 Å². The van der Waals surface area contributed by atoms with Gasteiger partial charge in [-0.05, 0) is 38.5 Å². The summed E-state index contributed by atoms with van der Waals surface area (Å²) in [5.74, 6) is -1.74. The van der Waals surface area contributed by atoms with Crippen LogP contribution in [0.1, 0.15) is 44.9 Å². The van der Waals surface area contributed by atoms with Gasteiger partial charge < -0.3 is 24.3 Å². The van der Waals surface area contributed by atoms with Gasteiger partial charge in [0.25, 0.3) is 11.7 Å². The lowest BCUT2D eigenvalue weighted by atomic mass is 9.97. The first-order valence-corrected chi connectivity index (χ1v) is 9.45. The van der Waals surface area contributed by atoms with E-state index in [1.807, 2.05) is 0 Å². The quantitative estimate of drug-likeness (QED) is 0.332. The SMILES string of the molecule is CNC(=O)c1[nH]c(C)c(/C(O)=C2\C(=O)C(=O)N(c3cc(C)on3)C2c2ccco2)c1C. The number of rotatable bonds is 4. The summed E-state index contributed by atoms with van der Waals surface area (Å²) < 4.78 is 10.6. The number of anilines is 1. The minimum absolute atomic E-state index is 0.119. The normalized spacial score (nSPS) is 18.1. The van der Waals surface area contributed by atoms with Gasteiger partial charge in [-0.15, -0.1) is 0 Å². The van der Waals surface area contributed by atoms with Crippen LogP contribution in [0, 0.1) is 20.8 Å². The van der Waals surface area contributed by atoms with Gasteiger partial charge >= 0.3 is 5.91 Å². The molecule has 0 bridgehead atoms. The molecule has 4 rings (SSSR count). The maximum absolute atomic E-state index is 13.0. The van der Waals surface area contributed by atoms with Gasteiger partial charge in [0.05, 0.1) is 11.8 Å². The Kier molecular flexibility index (Phi) is 4.77. The Morgan fingerprint density at radius 3 is 2.61 bits per heavy atom. The number of aromatic amines is 1. The van der Waals surface area contributed by atoms with Gasteiger partial charge in [0, 0.05) is 24.4 Å². The Labute approximate surface area is 176 Å². The maximum atomic E-state index is 13.0. The zero-order valence-corrected chi connectivity index (χ0v) is 17.3. The van der Waals surface area contributed by atoms with Crippen molar-refractivity contribution in [1.29, 1.82) is 0 Å². The fraction of sp³-hybridized carbons (Fsp3) is 0.238. The molecule has 3 aromatic heterocycles. The number of nitrogens with one attached hydrogen (secondary N) is 2. The Hall–Kier alpha value is -4.08. The highest BCUT2D eigenvalue weighted by molar-refractivity contribution is 6.51. The summed E-state index contributed by atoms with van der Waals surface area (Å²) in [6.45, 7) is 4.96. The van der Waals surface area contributed by atoms with Crippen molar-refractivity contribution in [3.05, 3.63) is 64.1 Å². The third-order valence-electron chi connectivity index (χ3n) is 5.25. The molecule has 3 N–H and O–H groups in total. The molecule has 10 heteroatoms. The van der Waals surface area contributed by atoms with Crippen molar-refractivity contribution in [1.82, 2.24) is 15.5 Å². The Bertz CT molecular complexity index is 1230. The summed E-state index contributed by atoms with van der Waals surface area (Å²) >= 11 is 0. The lowest BCUT2D eigenvalue weighted by Crippen LogP contribution is -2.29. The molecule has 4 heterocycles. The molecule has 3 aromatic rings. The number of amides is 2. The van der Waals surface area contributed by atoms with Gasteiger partial charge in [0.2, 0.25) is 0 Å².